The zero-order valence-electron chi connectivity index (χ0n) is 5.47. The number of hydrogen-bond acceptors (Lipinski definition) is 6. The van der Waals surface area contributed by atoms with Gasteiger partial charge in [-0.3, -0.25) is 0 Å². The van der Waals surface area contributed by atoms with Crippen LogP contribution in [0.3, 0.4) is 0 Å². The fourth-order valence-corrected chi connectivity index (χ4v) is 0. The van der Waals surface area contributed by atoms with Crippen LogP contribution in [0.15, 0.2) is 13.2 Å². The Bertz CT molecular complexity index is 86.8. The van der Waals surface area contributed by atoms with Crippen LogP contribution in [0, 0.1) is 30.6 Å². The molecule has 0 amide bonds. The van der Waals surface area contributed by atoms with Crippen molar-refractivity contribution in [3.05, 3.63) is 43.8 Å². The van der Waals surface area contributed by atoms with Gasteiger partial charge in [-0.05, 0) is 0 Å². The molecule has 11 heavy (non-hydrogen) atoms. The van der Waals surface area contributed by atoms with Gasteiger partial charge in [-0.1, -0.05) is 0 Å². The van der Waals surface area contributed by atoms with Crippen molar-refractivity contribution < 1.29 is 10.2 Å². The van der Waals surface area contributed by atoms with Crippen LogP contribution in [0.5, 0.6) is 0 Å². The van der Waals surface area contributed by atoms with Crippen molar-refractivity contribution in [3.63, 3.8) is 0 Å². The van der Waals surface area contributed by atoms with Gasteiger partial charge < -0.3 is 30.6 Å². The molecular weight excluding hydrogens is 285 g/mol. The molecule has 0 aliphatic heterocycles. The van der Waals surface area contributed by atoms with Crippen LogP contribution in [0.25, 0.3) is 0 Å². The summed E-state index contributed by atoms with van der Waals surface area (Å²) in [4.78, 5) is 16.5. The monoisotopic (exact) mass is 290 g/mol. The molecule has 0 saturated heterocycles. The fourth-order valence-electron chi connectivity index (χ4n) is 0. The molecule has 0 fully saturated rings. The van der Waals surface area contributed by atoms with E-state index >= 15 is 0 Å². The maximum Gasteiger partial charge on any atom is 2.00 e. The number of rotatable bonds is 0. The number of hydrogen-bond donors (Lipinski definition) is 0. The van der Waals surface area contributed by atoms with Crippen molar-refractivity contribution in [1.82, 2.24) is 0 Å². The third-order valence-corrected chi connectivity index (χ3v) is 0. The molecule has 60 valence electrons. The minimum absolute atomic E-state index is 0. The molecule has 0 radical (unpaired) electrons. The summed E-state index contributed by atoms with van der Waals surface area (Å²) in [6, 6.07) is 0. The minimum Gasteiger partial charge on any atom is -0.356 e. The van der Waals surface area contributed by atoms with Gasteiger partial charge in [0.05, 0.1) is 10.2 Å². The molecule has 0 bridgehead atoms. The Kier molecular flexibility index (Phi) is 46.1. The minimum atomic E-state index is -1.75. The van der Waals surface area contributed by atoms with Gasteiger partial charge in [-0.25, -0.2) is 0 Å². The molecule has 0 aliphatic rings. The molecule has 0 atom stereocenters. The van der Waals surface area contributed by atoms with Crippen LogP contribution < -0.4 is 0 Å². The normalized spacial score (nSPS) is 4.73. The molecule has 0 aromatic heterocycles. The summed E-state index contributed by atoms with van der Waals surface area (Å²) in [5.74, 6) is 0. The van der Waals surface area contributed by atoms with E-state index in [4.69, 9.17) is 30.6 Å². The Hall–Kier alpha value is -0.289. The molecule has 0 aromatic carbocycles. The summed E-state index contributed by atoms with van der Waals surface area (Å²) in [5.41, 5.74) is 0. The predicted molar refractivity (Wildman–Crippen MR) is 37.7 cm³/mol. The molecule has 8 nitrogen and oxygen atoms in total. The van der Waals surface area contributed by atoms with Gasteiger partial charge in [0.15, 0.2) is 0 Å². The van der Waals surface area contributed by atoms with Gasteiger partial charge in [0, 0.05) is 0 Å². The van der Waals surface area contributed by atoms with Gasteiger partial charge in [-0.15, -0.1) is 13.2 Å². The maximum absolute atomic E-state index is 8.25. The van der Waals surface area contributed by atoms with Crippen LogP contribution in [0.4, 0.5) is 0 Å². The molecular formula is C2H4BaN2O6. The second kappa shape index (κ2) is 22.6. The maximum atomic E-state index is 8.25. The first-order valence-electron chi connectivity index (χ1n) is 1.60. The van der Waals surface area contributed by atoms with Crippen molar-refractivity contribution in [3.8, 4) is 0 Å². The molecule has 0 unspecified atom stereocenters. The Morgan fingerprint density at radius 3 is 0.818 bits per heavy atom. The second-order valence-corrected chi connectivity index (χ2v) is 0.447. The van der Waals surface area contributed by atoms with Gasteiger partial charge in [-0.2, -0.15) is 0 Å². The first kappa shape index (κ1) is 22.4. The molecule has 9 heteroatoms. The Labute approximate surface area is 102 Å². The van der Waals surface area contributed by atoms with Crippen molar-refractivity contribution in [1.29, 1.82) is 0 Å². The van der Waals surface area contributed by atoms with E-state index in [1.807, 2.05) is 0 Å². The van der Waals surface area contributed by atoms with Crippen molar-refractivity contribution in [2.24, 2.45) is 0 Å². The van der Waals surface area contributed by atoms with Gasteiger partial charge >= 0.3 is 48.9 Å². The van der Waals surface area contributed by atoms with Crippen molar-refractivity contribution in [2.75, 3.05) is 0 Å². The van der Waals surface area contributed by atoms with Crippen LogP contribution in [-0.4, -0.2) is 59.1 Å². The average Bonchev–Trinajstić information content (AvgIpc) is 1.66. The zero-order valence-corrected chi connectivity index (χ0v) is 9.91. The van der Waals surface area contributed by atoms with E-state index in [1.54, 1.807) is 0 Å². The predicted octanol–water partition coefficient (Wildman–Crippen LogP) is -0.0568. The van der Waals surface area contributed by atoms with E-state index in [-0.39, 0.29) is 48.9 Å². The van der Waals surface area contributed by atoms with Gasteiger partial charge in [0.25, 0.3) is 0 Å². The topological polar surface area (TPSA) is 132 Å². The molecule has 0 spiro atoms. The Morgan fingerprint density at radius 2 is 0.818 bits per heavy atom. The fraction of sp³-hybridized carbons (Fsp3) is 0. The summed E-state index contributed by atoms with van der Waals surface area (Å²) in [7, 11) is 0. The summed E-state index contributed by atoms with van der Waals surface area (Å²) >= 11 is 0. The zero-order chi connectivity index (χ0) is 9.15. The molecule has 0 N–H and O–H groups in total. The molecule has 0 aromatic rings. The van der Waals surface area contributed by atoms with Crippen LogP contribution in [0.2, 0.25) is 0 Å². The quantitative estimate of drug-likeness (QED) is 0.265. The molecule has 0 rings (SSSR count). The molecule has 0 heterocycles. The molecule has 0 aliphatic carbocycles. The Morgan fingerprint density at radius 1 is 0.818 bits per heavy atom. The first-order valence-corrected chi connectivity index (χ1v) is 1.60. The van der Waals surface area contributed by atoms with E-state index in [2.05, 4.69) is 13.2 Å². The third kappa shape index (κ3) is 6930. The van der Waals surface area contributed by atoms with E-state index < -0.39 is 10.2 Å². The second-order valence-electron chi connectivity index (χ2n) is 0.447. The van der Waals surface area contributed by atoms with E-state index in [1.165, 1.54) is 0 Å². The third-order valence-electron chi connectivity index (χ3n) is 0. The summed E-state index contributed by atoms with van der Waals surface area (Å²) in [6.07, 6.45) is 0. The largest absolute Gasteiger partial charge is 2.00 e. The smallest absolute Gasteiger partial charge is 0.356 e. The summed E-state index contributed by atoms with van der Waals surface area (Å²) in [5, 5.41) is 29.5. The van der Waals surface area contributed by atoms with E-state index in [0.29, 0.717) is 0 Å². The SMILES string of the molecule is C=C.O=[N+]([O-])[O-].O=[N+]([O-])[O-].[Ba+2]. The summed E-state index contributed by atoms with van der Waals surface area (Å²) in [6.45, 7) is 6.00. The molecule has 0 saturated carbocycles. The van der Waals surface area contributed by atoms with Crippen LogP contribution in [0.1, 0.15) is 0 Å². The van der Waals surface area contributed by atoms with Crippen molar-refractivity contribution >= 4 is 48.9 Å². The van der Waals surface area contributed by atoms with Crippen LogP contribution in [-0.2, 0) is 0 Å². The number of nitrogens with zero attached hydrogens (tertiary/aromatic N) is 2. The Balaban J connectivity index is -0.0000000339. The average molecular weight is 289 g/mol. The van der Waals surface area contributed by atoms with E-state index in [9.17, 15) is 0 Å². The van der Waals surface area contributed by atoms with E-state index in [0.717, 1.165) is 0 Å². The summed E-state index contributed by atoms with van der Waals surface area (Å²) < 4.78 is 0. The van der Waals surface area contributed by atoms with Crippen LogP contribution >= 0.6 is 0 Å². The standard InChI is InChI=1S/C2H4.Ba.2NO3/c1-2;;2*2-1(3)4/h1-2H2;;;/q;+2;2*-1. The first-order chi connectivity index (χ1) is 4.46. The van der Waals surface area contributed by atoms with Gasteiger partial charge in [0.1, 0.15) is 0 Å². The van der Waals surface area contributed by atoms with Gasteiger partial charge in [0.2, 0.25) is 0 Å². The van der Waals surface area contributed by atoms with Crippen molar-refractivity contribution in [2.45, 2.75) is 0 Å².